The zero-order chi connectivity index (χ0) is 17.1. The van der Waals surface area contributed by atoms with Gasteiger partial charge in [0.05, 0.1) is 18.4 Å². The van der Waals surface area contributed by atoms with Gasteiger partial charge in [0.1, 0.15) is 12.1 Å². The number of hydrogen-bond acceptors (Lipinski definition) is 4. The topological polar surface area (TPSA) is 38.5 Å². The lowest BCUT2D eigenvalue weighted by Crippen LogP contribution is -2.37. The second kappa shape index (κ2) is 7.17. The molecule has 1 fully saturated rings. The van der Waals surface area contributed by atoms with Gasteiger partial charge in [-0.15, -0.1) is 0 Å². The van der Waals surface area contributed by atoms with Gasteiger partial charge in [-0.05, 0) is 29.8 Å². The molecular formula is C20H19FN2O2. The van der Waals surface area contributed by atoms with Crippen LogP contribution in [0.1, 0.15) is 17.4 Å². The van der Waals surface area contributed by atoms with Crippen molar-refractivity contribution in [3.05, 3.63) is 77.9 Å². The summed E-state index contributed by atoms with van der Waals surface area (Å²) < 4.78 is 24.5. The van der Waals surface area contributed by atoms with E-state index in [0.717, 1.165) is 29.9 Å². The maximum atomic E-state index is 13.1. The first-order chi connectivity index (χ1) is 12.3. The standard InChI is InChI=1S/C20H19FN2O2/c21-17-8-6-15(7-9-17)19-13-23(10-11-24-19)12-18-14-25-20(22-18)16-4-2-1-3-5-16/h1-9,14,19H,10-13H2. The molecule has 0 spiro atoms. The van der Waals surface area contributed by atoms with Crippen molar-refractivity contribution in [1.82, 2.24) is 9.88 Å². The summed E-state index contributed by atoms with van der Waals surface area (Å²) in [5.74, 6) is 0.409. The van der Waals surface area contributed by atoms with E-state index in [1.165, 1.54) is 12.1 Å². The van der Waals surface area contributed by atoms with Gasteiger partial charge in [0.15, 0.2) is 0 Å². The van der Waals surface area contributed by atoms with Gasteiger partial charge in [0.25, 0.3) is 0 Å². The molecule has 1 aromatic heterocycles. The molecule has 1 unspecified atom stereocenters. The molecule has 1 atom stereocenters. The molecule has 0 saturated carbocycles. The molecule has 0 radical (unpaired) electrons. The number of oxazole rings is 1. The van der Waals surface area contributed by atoms with Crippen LogP contribution < -0.4 is 0 Å². The summed E-state index contributed by atoms with van der Waals surface area (Å²) in [7, 11) is 0. The first-order valence-electron chi connectivity index (χ1n) is 8.37. The molecule has 3 aromatic rings. The maximum absolute atomic E-state index is 13.1. The lowest BCUT2D eigenvalue weighted by atomic mass is 10.1. The van der Waals surface area contributed by atoms with Crippen LogP contribution in [0.2, 0.25) is 0 Å². The highest BCUT2D eigenvalue weighted by molar-refractivity contribution is 5.52. The molecule has 0 amide bonds. The van der Waals surface area contributed by atoms with Crippen LogP contribution in [0.5, 0.6) is 0 Å². The minimum Gasteiger partial charge on any atom is -0.444 e. The SMILES string of the molecule is Fc1ccc(C2CN(Cc3coc(-c4ccccc4)n3)CCO2)cc1. The molecule has 0 bridgehead atoms. The van der Waals surface area contributed by atoms with Crippen LogP contribution in [0.3, 0.4) is 0 Å². The predicted octanol–water partition coefficient (Wildman–Crippen LogP) is 4.05. The average Bonchev–Trinajstić information content (AvgIpc) is 3.12. The molecule has 0 aliphatic carbocycles. The third-order valence-corrected chi connectivity index (χ3v) is 4.35. The Morgan fingerprint density at radius 1 is 1.08 bits per heavy atom. The van der Waals surface area contributed by atoms with Crippen LogP contribution in [0, 0.1) is 5.82 Å². The lowest BCUT2D eigenvalue weighted by molar-refractivity contribution is -0.0333. The summed E-state index contributed by atoms with van der Waals surface area (Å²) in [5, 5.41) is 0. The van der Waals surface area contributed by atoms with E-state index in [9.17, 15) is 4.39 Å². The molecule has 1 aliphatic heterocycles. The Morgan fingerprint density at radius 3 is 2.68 bits per heavy atom. The van der Waals surface area contributed by atoms with Gasteiger partial charge in [-0.1, -0.05) is 30.3 Å². The van der Waals surface area contributed by atoms with E-state index in [-0.39, 0.29) is 11.9 Å². The van der Waals surface area contributed by atoms with Crippen molar-refractivity contribution < 1.29 is 13.5 Å². The quantitative estimate of drug-likeness (QED) is 0.719. The van der Waals surface area contributed by atoms with Crippen LogP contribution in [-0.4, -0.2) is 29.6 Å². The van der Waals surface area contributed by atoms with Gasteiger partial charge in [-0.25, -0.2) is 9.37 Å². The van der Waals surface area contributed by atoms with E-state index < -0.39 is 0 Å². The number of benzene rings is 2. The molecule has 2 heterocycles. The Labute approximate surface area is 145 Å². The van der Waals surface area contributed by atoms with Crippen molar-refractivity contribution in [2.24, 2.45) is 0 Å². The second-order valence-electron chi connectivity index (χ2n) is 6.16. The minimum atomic E-state index is -0.229. The number of ether oxygens (including phenoxy) is 1. The summed E-state index contributed by atoms with van der Waals surface area (Å²) >= 11 is 0. The van der Waals surface area contributed by atoms with Crippen molar-refractivity contribution in [3.8, 4) is 11.5 Å². The first kappa shape index (κ1) is 16.0. The van der Waals surface area contributed by atoms with E-state index in [2.05, 4.69) is 9.88 Å². The summed E-state index contributed by atoms with van der Waals surface area (Å²) in [5.41, 5.74) is 2.87. The van der Waals surface area contributed by atoms with Crippen molar-refractivity contribution in [1.29, 1.82) is 0 Å². The maximum Gasteiger partial charge on any atom is 0.226 e. The van der Waals surface area contributed by atoms with Crippen molar-refractivity contribution in [3.63, 3.8) is 0 Å². The highest BCUT2D eigenvalue weighted by atomic mass is 19.1. The number of halogens is 1. The third kappa shape index (κ3) is 3.78. The number of nitrogens with zero attached hydrogens (tertiary/aromatic N) is 2. The normalized spacial score (nSPS) is 18.4. The zero-order valence-corrected chi connectivity index (χ0v) is 13.8. The Morgan fingerprint density at radius 2 is 1.88 bits per heavy atom. The first-order valence-corrected chi connectivity index (χ1v) is 8.37. The Hall–Kier alpha value is -2.50. The highest BCUT2D eigenvalue weighted by Crippen LogP contribution is 2.24. The Balaban J connectivity index is 1.42. The fourth-order valence-corrected chi connectivity index (χ4v) is 3.05. The van der Waals surface area contributed by atoms with E-state index >= 15 is 0 Å². The molecular weight excluding hydrogens is 319 g/mol. The van der Waals surface area contributed by atoms with Gasteiger partial charge in [-0.2, -0.15) is 0 Å². The number of hydrogen-bond donors (Lipinski definition) is 0. The van der Waals surface area contributed by atoms with Crippen LogP contribution >= 0.6 is 0 Å². The highest BCUT2D eigenvalue weighted by Gasteiger charge is 2.23. The molecule has 4 nitrogen and oxygen atoms in total. The van der Waals surface area contributed by atoms with Gasteiger partial charge in [-0.3, -0.25) is 4.90 Å². The van der Waals surface area contributed by atoms with Gasteiger partial charge >= 0.3 is 0 Å². The molecule has 1 saturated heterocycles. The average molecular weight is 338 g/mol. The van der Waals surface area contributed by atoms with E-state index in [4.69, 9.17) is 9.15 Å². The van der Waals surface area contributed by atoms with Crippen LogP contribution in [0.25, 0.3) is 11.5 Å². The van der Waals surface area contributed by atoms with Crippen molar-refractivity contribution in [2.45, 2.75) is 12.6 Å². The van der Waals surface area contributed by atoms with E-state index in [0.29, 0.717) is 19.0 Å². The molecule has 5 heteroatoms. The molecule has 1 aliphatic rings. The van der Waals surface area contributed by atoms with Crippen LogP contribution in [0.4, 0.5) is 4.39 Å². The van der Waals surface area contributed by atoms with Crippen molar-refractivity contribution in [2.75, 3.05) is 19.7 Å². The smallest absolute Gasteiger partial charge is 0.226 e. The fraction of sp³-hybridized carbons (Fsp3) is 0.250. The molecule has 25 heavy (non-hydrogen) atoms. The second-order valence-corrected chi connectivity index (χ2v) is 6.16. The summed E-state index contributed by atoms with van der Waals surface area (Å²) in [6, 6.07) is 16.4. The van der Waals surface area contributed by atoms with Crippen LogP contribution in [0.15, 0.2) is 65.3 Å². The lowest BCUT2D eigenvalue weighted by Gasteiger charge is -2.32. The van der Waals surface area contributed by atoms with Crippen LogP contribution in [-0.2, 0) is 11.3 Å². The number of rotatable bonds is 4. The Kier molecular flexibility index (Phi) is 4.59. The molecule has 4 rings (SSSR count). The Bertz CT molecular complexity index is 817. The predicted molar refractivity (Wildman–Crippen MR) is 92.3 cm³/mol. The summed E-state index contributed by atoms with van der Waals surface area (Å²) in [4.78, 5) is 6.87. The van der Waals surface area contributed by atoms with E-state index in [1.54, 1.807) is 18.4 Å². The molecule has 2 aromatic carbocycles. The number of aromatic nitrogens is 1. The van der Waals surface area contributed by atoms with Gasteiger partial charge in [0, 0.05) is 25.2 Å². The number of morpholine rings is 1. The van der Waals surface area contributed by atoms with E-state index in [1.807, 2.05) is 30.3 Å². The van der Waals surface area contributed by atoms with Gasteiger partial charge in [0.2, 0.25) is 5.89 Å². The zero-order valence-electron chi connectivity index (χ0n) is 13.8. The van der Waals surface area contributed by atoms with Crippen molar-refractivity contribution >= 4 is 0 Å². The summed E-state index contributed by atoms with van der Waals surface area (Å²) in [6.07, 6.45) is 1.67. The largest absolute Gasteiger partial charge is 0.444 e. The minimum absolute atomic E-state index is 0.0464. The summed E-state index contributed by atoms with van der Waals surface area (Å²) in [6.45, 7) is 2.94. The molecule has 0 N–H and O–H groups in total. The fourth-order valence-electron chi connectivity index (χ4n) is 3.05. The van der Waals surface area contributed by atoms with Gasteiger partial charge < -0.3 is 9.15 Å². The monoisotopic (exact) mass is 338 g/mol. The third-order valence-electron chi connectivity index (χ3n) is 4.35. The molecule has 128 valence electrons.